The third-order valence-corrected chi connectivity index (χ3v) is 4.72. The van der Waals surface area contributed by atoms with E-state index in [1.54, 1.807) is 12.1 Å². The molecule has 0 bridgehead atoms. The molecule has 1 heterocycles. The maximum atomic E-state index is 12.1. The third kappa shape index (κ3) is 3.43. The molecule has 0 aromatic heterocycles. The lowest BCUT2D eigenvalue weighted by Gasteiger charge is -2.22. The number of rotatable bonds is 5. The molecule has 1 aliphatic rings. The van der Waals surface area contributed by atoms with E-state index in [1.165, 1.54) is 12.5 Å². The topological polar surface area (TPSA) is 70.6 Å². The van der Waals surface area contributed by atoms with Gasteiger partial charge >= 0.3 is 0 Å². The van der Waals surface area contributed by atoms with Crippen molar-refractivity contribution < 1.29 is 8.42 Å². The highest BCUT2D eigenvalue weighted by atomic mass is 35.5. The molecule has 1 aromatic carbocycles. The molecule has 0 aliphatic carbocycles. The maximum Gasteiger partial charge on any atom is 0.266 e. The highest BCUT2D eigenvalue weighted by molar-refractivity contribution is 7.90. The molecule has 110 valence electrons. The van der Waals surface area contributed by atoms with Gasteiger partial charge in [0.05, 0.1) is 10.7 Å². The summed E-state index contributed by atoms with van der Waals surface area (Å²) in [5.41, 5.74) is 0.389. The Bertz CT molecular complexity index is 614. The van der Waals surface area contributed by atoms with Crippen LogP contribution in [-0.4, -0.2) is 20.9 Å². The maximum absolute atomic E-state index is 12.1. The number of para-hydroxylation sites is 1. The highest BCUT2D eigenvalue weighted by Crippen LogP contribution is 2.31. The van der Waals surface area contributed by atoms with Crippen molar-refractivity contribution in [3.63, 3.8) is 0 Å². The van der Waals surface area contributed by atoms with Gasteiger partial charge in [-0.15, -0.1) is 0 Å². The van der Waals surface area contributed by atoms with Gasteiger partial charge in [0, 0.05) is 6.54 Å². The van der Waals surface area contributed by atoms with Crippen LogP contribution < -0.4 is 10.0 Å². The molecule has 0 saturated carbocycles. The van der Waals surface area contributed by atoms with Gasteiger partial charge in [-0.2, -0.15) is 0 Å². The molecule has 0 atom stereocenters. The molecule has 7 heteroatoms. The molecule has 0 radical (unpaired) electrons. The SMILES string of the molecule is CCCCCCN=C1Nc2c(Cl)cccc2S(=O)(=O)N1. The average Bonchev–Trinajstić information content (AvgIpc) is 2.39. The van der Waals surface area contributed by atoms with Crippen LogP contribution in [0.2, 0.25) is 5.02 Å². The van der Waals surface area contributed by atoms with Gasteiger partial charge in [0.15, 0.2) is 0 Å². The molecular weight excluding hydrogens is 298 g/mol. The predicted octanol–water partition coefficient (Wildman–Crippen LogP) is 2.98. The van der Waals surface area contributed by atoms with Crippen molar-refractivity contribution >= 4 is 33.3 Å². The number of hydrogen-bond acceptors (Lipinski definition) is 3. The van der Waals surface area contributed by atoms with E-state index in [0.717, 1.165) is 19.3 Å². The standard InChI is InChI=1S/C13H18ClN3O2S/c1-2-3-4-5-9-15-13-16-12-10(14)7-6-8-11(12)20(18,19)17-13/h6-8H,2-5,9H2,1H3,(H2,15,16,17). The molecule has 20 heavy (non-hydrogen) atoms. The second-order valence-electron chi connectivity index (χ2n) is 4.63. The first-order chi connectivity index (χ1) is 9.54. The fraction of sp³-hybridized carbons (Fsp3) is 0.462. The lowest BCUT2D eigenvalue weighted by Crippen LogP contribution is -2.41. The molecule has 2 rings (SSSR count). The summed E-state index contributed by atoms with van der Waals surface area (Å²) in [5.74, 6) is 0.238. The molecule has 0 spiro atoms. The van der Waals surface area contributed by atoms with Gasteiger partial charge in [0.25, 0.3) is 10.0 Å². The van der Waals surface area contributed by atoms with Crippen molar-refractivity contribution in [2.45, 2.75) is 37.5 Å². The molecule has 5 nitrogen and oxygen atoms in total. The van der Waals surface area contributed by atoms with Crippen LogP contribution in [0.1, 0.15) is 32.6 Å². The Morgan fingerprint density at radius 1 is 1.25 bits per heavy atom. The monoisotopic (exact) mass is 315 g/mol. The second kappa shape index (κ2) is 6.45. The number of fused-ring (bicyclic) bond motifs is 1. The summed E-state index contributed by atoms with van der Waals surface area (Å²) in [6.45, 7) is 2.73. The van der Waals surface area contributed by atoms with Gasteiger partial charge in [-0.25, -0.2) is 13.1 Å². The molecule has 0 unspecified atom stereocenters. The van der Waals surface area contributed by atoms with Gasteiger partial charge < -0.3 is 5.32 Å². The van der Waals surface area contributed by atoms with Crippen LogP contribution in [0.4, 0.5) is 5.69 Å². The van der Waals surface area contributed by atoms with Crippen LogP contribution in [0, 0.1) is 0 Å². The number of halogens is 1. The summed E-state index contributed by atoms with van der Waals surface area (Å²) in [6.07, 6.45) is 4.36. The van der Waals surface area contributed by atoms with E-state index in [9.17, 15) is 8.42 Å². The molecule has 2 N–H and O–H groups in total. The fourth-order valence-electron chi connectivity index (χ4n) is 1.98. The van der Waals surface area contributed by atoms with Gasteiger partial charge in [-0.05, 0) is 18.6 Å². The predicted molar refractivity (Wildman–Crippen MR) is 81.8 cm³/mol. The van der Waals surface area contributed by atoms with E-state index in [4.69, 9.17) is 11.6 Å². The lowest BCUT2D eigenvalue weighted by molar-refractivity contribution is 0.591. The Kier molecular flexibility index (Phi) is 4.88. The average molecular weight is 316 g/mol. The van der Waals surface area contributed by atoms with Crippen LogP contribution in [-0.2, 0) is 10.0 Å². The normalized spacial score (nSPS) is 18.2. The number of aliphatic imine (C=N–C) groups is 1. The van der Waals surface area contributed by atoms with Crippen molar-refractivity contribution in [2.24, 2.45) is 4.99 Å². The van der Waals surface area contributed by atoms with E-state index >= 15 is 0 Å². The number of hydrogen-bond donors (Lipinski definition) is 2. The summed E-state index contributed by atoms with van der Waals surface area (Å²) in [6, 6.07) is 4.76. The van der Waals surface area contributed by atoms with Gasteiger partial charge in [0.2, 0.25) is 5.96 Å². The summed E-state index contributed by atoms with van der Waals surface area (Å²) in [7, 11) is -3.59. The van der Waals surface area contributed by atoms with Crippen LogP contribution in [0.3, 0.4) is 0 Å². The van der Waals surface area contributed by atoms with E-state index in [-0.39, 0.29) is 10.9 Å². The molecular formula is C13H18ClN3O2S. The van der Waals surface area contributed by atoms with Crippen molar-refractivity contribution in [1.82, 2.24) is 4.72 Å². The van der Waals surface area contributed by atoms with E-state index in [1.807, 2.05) is 0 Å². The Morgan fingerprint density at radius 3 is 2.80 bits per heavy atom. The zero-order valence-electron chi connectivity index (χ0n) is 11.3. The summed E-state index contributed by atoms with van der Waals surface area (Å²) >= 11 is 6.03. The molecule has 0 amide bonds. The summed E-state index contributed by atoms with van der Waals surface area (Å²) < 4.78 is 26.6. The largest absolute Gasteiger partial charge is 0.323 e. The fourth-order valence-corrected chi connectivity index (χ4v) is 3.42. The van der Waals surface area contributed by atoms with E-state index in [0.29, 0.717) is 17.3 Å². The minimum atomic E-state index is -3.59. The van der Waals surface area contributed by atoms with E-state index in [2.05, 4.69) is 22.0 Å². The van der Waals surface area contributed by atoms with Crippen LogP contribution in [0.5, 0.6) is 0 Å². The zero-order chi connectivity index (χ0) is 14.6. The van der Waals surface area contributed by atoms with Crippen molar-refractivity contribution in [2.75, 3.05) is 11.9 Å². The Morgan fingerprint density at radius 2 is 2.05 bits per heavy atom. The van der Waals surface area contributed by atoms with Crippen LogP contribution >= 0.6 is 11.6 Å². The second-order valence-corrected chi connectivity index (χ2v) is 6.69. The first-order valence-electron chi connectivity index (χ1n) is 6.67. The Balaban J connectivity index is 2.14. The lowest BCUT2D eigenvalue weighted by atomic mass is 10.2. The Labute approximate surface area is 124 Å². The van der Waals surface area contributed by atoms with Crippen LogP contribution in [0.25, 0.3) is 0 Å². The quantitative estimate of drug-likeness (QED) is 0.821. The summed E-state index contributed by atoms with van der Waals surface area (Å²) in [4.78, 5) is 4.40. The number of guanidine groups is 1. The van der Waals surface area contributed by atoms with Gasteiger partial charge in [-0.1, -0.05) is 43.9 Å². The minimum Gasteiger partial charge on any atom is -0.323 e. The number of nitrogens with zero attached hydrogens (tertiary/aromatic N) is 1. The smallest absolute Gasteiger partial charge is 0.266 e. The molecule has 0 saturated heterocycles. The Hall–Kier alpha value is -1.27. The minimum absolute atomic E-state index is 0.148. The summed E-state index contributed by atoms with van der Waals surface area (Å²) in [5, 5.41) is 3.31. The molecule has 0 fully saturated rings. The first kappa shape index (κ1) is 15.1. The number of benzene rings is 1. The highest BCUT2D eigenvalue weighted by Gasteiger charge is 2.27. The van der Waals surface area contributed by atoms with Crippen molar-refractivity contribution in [3.05, 3.63) is 23.2 Å². The number of unbranched alkanes of at least 4 members (excludes halogenated alkanes) is 3. The molecule has 1 aromatic rings. The number of anilines is 1. The van der Waals surface area contributed by atoms with Gasteiger partial charge in [0.1, 0.15) is 4.90 Å². The number of sulfonamides is 1. The number of nitrogens with one attached hydrogen (secondary N) is 2. The van der Waals surface area contributed by atoms with E-state index < -0.39 is 10.0 Å². The third-order valence-electron chi connectivity index (χ3n) is 3.02. The van der Waals surface area contributed by atoms with Crippen LogP contribution in [0.15, 0.2) is 28.1 Å². The molecule has 1 aliphatic heterocycles. The van der Waals surface area contributed by atoms with Crippen molar-refractivity contribution in [1.29, 1.82) is 0 Å². The van der Waals surface area contributed by atoms with Crippen molar-refractivity contribution in [3.8, 4) is 0 Å². The zero-order valence-corrected chi connectivity index (χ0v) is 12.9. The van der Waals surface area contributed by atoms with Gasteiger partial charge in [-0.3, -0.25) is 4.99 Å². The first-order valence-corrected chi connectivity index (χ1v) is 8.53.